The quantitative estimate of drug-likeness (QED) is 0.866. The van der Waals surface area contributed by atoms with E-state index in [0.717, 1.165) is 12.3 Å². The van der Waals surface area contributed by atoms with E-state index in [4.69, 9.17) is 4.74 Å². The Morgan fingerprint density at radius 2 is 1.78 bits per heavy atom. The van der Waals surface area contributed by atoms with Crippen molar-refractivity contribution in [3.8, 4) is 5.75 Å². The lowest BCUT2D eigenvalue weighted by Gasteiger charge is -2.23. The molecule has 2 unspecified atom stereocenters. The van der Waals surface area contributed by atoms with Crippen molar-refractivity contribution in [3.05, 3.63) is 42.5 Å². The highest BCUT2D eigenvalue weighted by Crippen LogP contribution is 2.26. The predicted octanol–water partition coefficient (Wildman–Crippen LogP) is 3.61. The van der Waals surface area contributed by atoms with E-state index >= 15 is 0 Å². The molecular formula is C16H21NO. The minimum atomic E-state index is 0.149. The minimum Gasteiger partial charge on any atom is -0.488 e. The lowest BCUT2D eigenvalue weighted by molar-refractivity contribution is 0.181. The molecule has 1 N–H and O–H groups in total. The molecule has 2 heteroatoms. The van der Waals surface area contributed by atoms with Crippen LogP contribution >= 0.6 is 0 Å². The summed E-state index contributed by atoms with van der Waals surface area (Å²) in [5.74, 6) is 0.963. The molecule has 2 aromatic carbocycles. The molecule has 0 saturated heterocycles. The lowest BCUT2D eigenvalue weighted by atomic mass is 10.1. The first-order chi connectivity index (χ1) is 8.72. The molecule has 2 aromatic rings. The van der Waals surface area contributed by atoms with E-state index in [1.165, 1.54) is 10.8 Å². The van der Waals surface area contributed by atoms with E-state index in [-0.39, 0.29) is 6.10 Å². The monoisotopic (exact) mass is 243 g/mol. The van der Waals surface area contributed by atoms with Crippen LogP contribution in [-0.4, -0.2) is 18.7 Å². The van der Waals surface area contributed by atoms with Gasteiger partial charge in [-0.05, 0) is 31.8 Å². The van der Waals surface area contributed by atoms with Crippen molar-refractivity contribution in [1.29, 1.82) is 0 Å². The molecule has 0 fully saturated rings. The SMILES string of the molecule is CCNC(C)C(C)Oc1cccc2ccccc12. The Hall–Kier alpha value is -1.54. The summed E-state index contributed by atoms with van der Waals surface area (Å²) in [6.45, 7) is 7.33. The Bertz CT molecular complexity index is 504. The van der Waals surface area contributed by atoms with Crippen molar-refractivity contribution in [2.24, 2.45) is 0 Å². The molecule has 2 rings (SSSR count). The Morgan fingerprint density at radius 3 is 2.56 bits per heavy atom. The van der Waals surface area contributed by atoms with Crippen molar-refractivity contribution in [1.82, 2.24) is 5.32 Å². The second-order valence-electron chi connectivity index (χ2n) is 4.65. The van der Waals surface area contributed by atoms with Gasteiger partial charge in [-0.1, -0.05) is 43.3 Å². The highest BCUT2D eigenvalue weighted by Gasteiger charge is 2.13. The van der Waals surface area contributed by atoms with Crippen LogP contribution in [0.15, 0.2) is 42.5 Å². The van der Waals surface area contributed by atoms with Crippen LogP contribution in [0.3, 0.4) is 0 Å². The van der Waals surface area contributed by atoms with E-state index in [1.54, 1.807) is 0 Å². The van der Waals surface area contributed by atoms with Crippen LogP contribution in [0.5, 0.6) is 5.75 Å². The molecular weight excluding hydrogens is 222 g/mol. The largest absolute Gasteiger partial charge is 0.488 e. The summed E-state index contributed by atoms with van der Waals surface area (Å²) in [7, 11) is 0. The summed E-state index contributed by atoms with van der Waals surface area (Å²) in [6.07, 6.45) is 0.149. The van der Waals surface area contributed by atoms with Gasteiger partial charge in [0.15, 0.2) is 0 Å². The van der Waals surface area contributed by atoms with Gasteiger partial charge in [0.2, 0.25) is 0 Å². The molecule has 0 saturated carbocycles. The average molecular weight is 243 g/mol. The Kier molecular flexibility index (Phi) is 4.21. The number of rotatable bonds is 5. The third-order valence-corrected chi connectivity index (χ3v) is 3.29. The number of ether oxygens (including phenoxy) is 1. The molecule has 96 valence electrons. The van der Waals surface area contributed by atoms with Gasteiger partial charge in [-0.2, -0.15) is 0 Å². The van der Waals surface area contributed by atoms with Crippen LogP contribution < -0.4 is 10.1 Å². The van der Waals surface area contributed by atoms with Gasteiger partial charge in [0.05, 0.1) is 0 Å². The second-order valence-corrected chi connectivity index (χ2v) is 4.65. The standard InChI is InChI=1S/C16H21NO/c1-4-17-12(2)13(3)18-16-11-7-9-14-8-5-6-10-15(14)16/h5-13,17H,4H2,1-3H3. The number of fused-ring (bicyclic) bond motifs is 1. The maximum atomic E-state index is 6.08. The van der Waals surface area contributed by atoms with Crippen molar-refractivity contribution in [2.75, 3.05) is 6.54 Å². The average Bonchev–Trinajstić information content (AvgIpc) is 2.39. The molecule has 18 heavy (non-hydrogen) atoms. The van der Waals surface area contributed by atoms with E-state index in [9.17, 15) is 0 Å². The van der Waals surface area contributed by atoms with Crippen LogP contribution in [-0.2, 0) is 0 Å². The first kappa shape index (κ1) is 12.9. The fourth-order valence-corrected chi connectivity index (χ4v) is 2.09. The van der Waals surface area contributed by atoms with Crippen LogP contribution in [0.25, 0.3) is 10.8 Å². The van der Waals surface area contributed by atoms with Crippen molar-refractivity contribution < 1.29 is 4.74 Å². The topological polar surface area (TPSA) is 21.3 Å². The van der Waals surface area contributed by atoms with Crippen LogP contribution in [0.1, 0.15) is 20.8 Å². The van der Waals surface area contributed by atoms with E-state index in [2.05, 4.69) is 50.4 Å². The van der Waals surface area contributed by atoms with Crippen molar-refractivity contribution in [3.63, 3.8) is 0 Å². The maximum Gasteiger partial charge on any atom is 0.127 e. The molecule has 0 bridgehead atoms. The summed E-state index contributed by atoms with van der Waals surface area (Å²) in [4.78, 5) is 0. The summed E-state index contributed by atoms with van der Waals surface area (Å²) in [5, 5.41) is 5.79. The molecule has 0 heterocycles. The van der Waals surface area contributed by atoms with Gasteiger partial charge < -0.3 is 10.1 Å². The minimum absolute atomic E-state index is 0.149. The van der Waals surface area contributed by atoms with Gasteiger partial charge in [-0.15, -0.1) is 0 Å². The van der Waals surface area contributed by atoms with Gasteiger partial charge in [-0.25, -0.2) is 0 Å². The fourth-order valence-electron chi connectivity index (χ4n) is 2.09. The zero-order valence-corrected chi connectivity index (χ0v) is 11.3. The number of nitrogens with one attached hydrogen (secondary N) is 1. The molecule has 0 aliphatic carbocycles. The van der Waals surface area contributed by atoms with E-state index < -0.39 is 0 Å². The zero-order valence-electron chi connectivity index (χ0n) is 11.3. The molecule has 0 aliphatic heterocycles. The summed E-state index contributed by atoms with van der Waals surface area (Å²) in [5.41, 5.74) is 0. The smallest absolute Gasteiger partial charge is 0.127 e. The molecule has 2 nitrogen and oxygen atoms in total. The van der Waals surface area contributed by atoms with Crippen molar-refractivity contribution >= 4 is 10.8 Å². The van der Waals surface area contributed by atoms with Crippen LogP contribution in [0.4, 0.5) is 0 Å². The van der Waals surface area contributed by atoms with Gasteiger partial charge in [-0.3, -0.25) is 0 Å². The highest BCUT2D eigenvalue weighted by molar-refractivity contribution is 5.88. The second kappa shape index (κ2) is 5.87. The first-order valence-corrected chi connectivity index (χ1v) is 6.60. The molecule has 0 aliphatic rings. The van der Waals surface area contributed by atoms with Crippen molar-refractivity contribution in [2.45, 2.75) is 32.9 Å². The highest BCUT2D eigenvalue weighted by atomic mass is 16.5. The maximum absolute atomic E-state index is 6.08. The summed E-state index contributed by atoms with van der Waals surface area (Å²) < 4.78 is 6.08. The third-order valence-electron chi connectivity index (χ3n) is 3.29. The third kappa shape index (κ3) is 2.82. The molecule has 0 amide bonds. The van der Waals surface area contributed by atoms with Crippen LogP contribution in [0.2, 0.25) is 0 Å². The van der Waals surface area contributed by atoms with Gasteiger partial charge in [0, 0.05) is 11.4 Å². The summed E-state index contributed by atoms with van der Waals surface area (Å²) in [6, 6.07) is 14.9. The van der Waals surface area contributed by atoms with Gasteiger partial charge in [0.1, 0.15) is 11.9 Å². The Morgan fingerprint density at radius 1 is 1.06 bits per heavy atom. The Balaban J connectivity index is 2.21. The molecule has 0 aromatic heterocycles. The zero-order chi connectivity index (χ0) is 13.0. The normalized spacial score (nSPS) is 14.4. The molecule has 0 radical (unpaired) electrons. The van der Waals surface area contributed by atoms with Gasteiger partial charge in [0.25, 0.3) is 0 Å². The molecule has 0 spiro atoms. The lowest BCUT2D eigenvalue weighted by Crippen LogP contribution is -2.38. The van der Waals surface area contributed by atoms with Crippen LogP contribution in [0, 0.1) is 0 Å². The number of hydrogen-bond donors (Lipinski definition) is 1. The van der Waals surface area contributed by atoms with E-state index in [1.807, 2.05) is 18.2 Å². The summed E-state index contributed by atoms with van der Waals surface area (Å²) >= 11 is 0. The fraction of sp³-hybridized carbons (Fsp3) is 0.375. The number of likely N-dealkylation sites (N-methyl/N-ethyl adjacent to an activating group) is 1. The molecule has 2 atom stereocenters. The number of benzene rings is 2. The number of hydrogen-bond acceptors (Lipinski definition) is 2. The van der Waals surface area contributed by atoms with Gasteiger partial charge >= 0.3 is 0 Å². The Labute approximate surface area is 109 Å². The first-order valence-electron chi connectivity index (χ1n) is 6.60. The predicted molar refractivity (Wildman–Crippen MR) is 77.2 cm³/mol. The van der Waals surface area contributed by atoms with E-state index in [0.29, 0.717) is 6.04 Å².